The Morgan fingerprint density at radius 1 is 0.807 bits per heavy atom. The highest BCUT2D eigenvalue weighted by atomic mass is 16.7. The van der Waals surface area contributed by atoms with Crippen molar-refractivity contribution in [3.8, 4) is 0 Å². The lowest BCUT2D eigenvalue weighted by atomic mass is 9.35. The number of carboxylic acids is 1. The summed E-state index contributed by atoms with van der Waals surface area (Å²) >= 11 is 0. The maximum absolute atomic E-state index is 12.5. The number of allylic oxidation sites excluding steroid dienone is 3. The summed E-state index contributed by atoms with van der Waals surface area (Å²) in [7, 11) is 0. The molecule has 0 aromatic rings. The normalized spacial score (nSPS) is 55.0. The lowest BCUT2D eigenvalue weighted by molar-refractivity contribution is -0.367. The van der Waals surface area contributed by atoms with Crippen LogP contribution in [0.15, 0.2) is 23.3 Å². The van der Waals surface area contributed by atoms with Gasteiger partial charge in [-0.2, -0.15) is 0 Å². The first kappa shape index (κ1) is 43.5. The summed E-state index contributed by atoms with van der Waals surface area (Å²) in [6.45, 7) is 10.9. The van der Waals surface area contributed by atoms with Crippen molar-refractivity contribution in [1.29, 1.82) is 0 Å². The molecular weight excluding hydrogens is 744 g/mol. The molecule has 57 heavy (non-hydrogen) atoms. The van der Waals surface area contributed by atoms with Gasteiger partial charge < -0.3 is 70.0 Å². The Morgan fingerprint density at radius 3 is 2.12 bits per heavy atom. The number of carbonyl (C=O) groups is 1. The Morgan fingerprint density at radius 2 is 1.49 bits per heavy atom. The molecule has 0 spiro atoms. The summed E-state index contributed by atoms with van der Waals surface area (Å²) < 4.78 is 24.0. The van der Waals surface area contributed by atoms with Crippen molar-refractivity contribution in [2.24, 2.45) is 44.3 Å². The molecule has 0 aromatic carbocycles. The van der Waals surface area contributed by atoms with E-state index in [-0.39, 0.29) is 42.3 Å². The first-order valence-electron chi connectivity index (χ1n) is 20.8. The van der Waals surface area contributed by atoms with E-state index in [1.807, 2.05) is 6.92 Å². The Kier molecular flexibility index (Phi) is 11.3. The van der Waals surface area contributed by atoms with Gasteiger partial charge >= 0.3 is 5.97 Å². The van der Waals surface area contributed by atoms with Gasteiger partial charge in [-0.15, -0.1) is 0 Å². The van der Waals surface area contributed by atoms with Gasteiger partial charge in [0, 0.05) is 16.2 Å². The molecule has 15 heteroatoms. The maximum atomic E-state index is 12.5. The summed E-state index contributed by atoms with van der Waals surface area (Å²) in [5.41, 5.74) is -2.04. The molecule has 5 fully saturated rings. The average molecular weight is 811 g/mol. The van der Waals surface area contributed by atoms with Crippen LogP contribution < -0.4 is 0 Å². The standard InChI is InChI=1S/C42H66O15/c1-20-28(47)33(57-34-31(50)30(49)29(48)23(17-43)55-34)32(51)35(54-20)56-27-10-11-38(3)24(39(27,4)18-44)9-12-40(5)25(38)8-7-21-22-15-37(2,36(52)53)13-14-42(22,19-45)26(46)16-41(21,40)6/h7-8,20,23-35,43-51H,9-19H2,1-6H3,(H,52,53)/t20-,23-,24-,25-,26-,27+,28+,29-,30+,31-,32-,33+,34+,35+,37-,38+,39+,40-,41-,42-/m1/s1. The van der Waals surface area contributed by atoms with Crippen LogP contribution in [0.4, 0.5) is 0 Å². The number of fused-ring (bicyclic) bond motifs is 6. The lowest BCUT2D eigenvalue weighted by Gasteiger charge is -2.70. The maximum Gasteiger partial charge on any atom is 0.309 e. The number of aliphatic hydroxyl groups excluding tert-OH is 9. The van der Waals surface area contributed by atoms with Crippen molar-refractivity contribution in [2.45, 2.75) is 167 Å². The van der Waals surface area contributed by atoms with Crippen molar-refractivity contribution >= 4 is 5.97 Å². The zero-order chi connectivity index (χ0) is 41.8. The minimum Gasteiger partial charge on any atom is -0.481 e. The van der Waals surface area contributed by atoms with Crippen molar-refractivity contribution in [3.63, 3.8) is 0 Å². The molecule has 0 bridgehead atoms. The fourth-order valence-electron chi connectivity index (χ4n) is 13.1. The molecule has 2 heterocycles. The van der Waals surface area contributed by atoms with E-state index in [9.17, 15) is 55.9 Å². The van der Waals surface area contributed by atoms with E-state index < -0.39 is 108 Å². The van der Waals surface area contributed by atoms with Crippen LogP contribution in [0.2, 0.25) is 0 Å². The molecule has 2 saturated heterocycles. The second-order valence-corrected chi connectivity index (χ2v) is 20.0. The van der Waals surface area contributed by atoms with Gasteiger partial charge in [-0.25, -0.2) is 0 Å². The largest absolute Gasteiger partial charge is 0.481 e. The molecule has 2 aliphatic heterocycles. The second-order valence-electron chi connectivity index (χ2n) is 20.0. The van der Waals surface area contributed by atoms with Gasteiger partial charge in [0.2, 0.25) is 0 Å². The molecule has 0 amide bonds. The number of ether oxygens (including phenoxy) is 4. The molecule has 15 nitrogen and oxygen atoms in total. The van der Waals surface area contributed by atoms with Crippen LogP contribution in [0.3, 0.4) is 0 Å². The third kappa shape index (κ3) is 6.19. The Balaban J connectivity index is 1.16. The molecular formula is C42H66O15. The molecule has 0 aromatic heterocycles. The van der Waals surface area contributed by atoms with E-state index in [0.717, 1.165) is 17.6 Å². The lowest BCUT2D eigenvalue weighted by Crippen LogP contribution is -2.67. The van der Waals surface area contributed by atoms with E-state index >= 15 is 0 Å². The van der Waals surface area contributed by atoms with Crippen LogP contribution in [0.5, 0.6) is 0 Å². The highest BCUT2D eigenvalue weighted by Gasteiger charge is 2.69. The molecule has 7 aliphatic rings. The van der Waals surface area contributed by atoms with Crippen molar-refractivity contribution in [2.75, 3.05) is 19.8 Å². The van der Waals surface area contributed by atoms with E-state index in [2.05, 4.69) is 32.9 Å². The van der Waals surface area contributed by atoms with E-state index in [4.69, 9.17) is 18.9 Å². The smallest absolute Gasteiger partial charge is 0.309 e. The highest BCUT2D eigenvalue weighted by Crippen LogP contribution is 2.74. The average Bonchev–Trinajstić information content (AvgIpc) is 3.16. The van der Waals surface area contributed by atoms with E-state index in [1.54, 1.807) is 13.8 Å². The molecule has 7 rings (SSSR count). The second kappa shape index (κ2) is 14.8. The molecule has 0 radical (unpaired) electrons. The molecule has 0 unspecified atom stereocenters. The van der Waals surface area contributed by atoms with Crippen LogP contribution >= 0.6 is 0 Å². The monoisotopic (exact) mass is 810 g/mol. The molecule has 10 N–H and O–H groups in total. The molecule has 324 valence electrons. The third-order valence-electron chi connectivity index (χ3n) is 17.1. The van der Waals surface area contributed by atoms with Crippen molar-refractivity contribution in [3.05, 3.63) is 23.3 Å². The topological polar surface area (TPSA) is 256 Å². The first-order chi connectivity index (χ1) is 26.6. The van der Waals surface area contributed by atoms with Crippen LogP contribution in [-0.2, 0) is 23.7 Å². The van der Waals surface area contributed by atoms with Crippen molar-refractivity contribution in [1.82, 2.24) is 0 Å². The van der Waals surface area contributed by atoms with Crippen LogP contribution in [0.25, 0.3) is 0 Å². The van der Waals surface area contributed by atoms with Gasteiger partial charge in [-0.05, 0) is 93.5 Å². The Hall–Kier alpha value is -1.57. The number of hydrogen-bond acceptors (Lipinski definition) is 14. The third-order valence-corrected chi connectivity index (χ3v) is 17.1. The highest BCUT2D eigenvalue weighted by molar-refractivity contribution is 5.75. The zero-order valence-electron chi connectivity index (χ0n) is 34.0. The predicted octanol–water partition coefficient (Wildman–Crippen LogP) is 0.745. The number of rotatable bonds is 8. The Labute approximate surface area is 334 Å². The summed E-state index contributed by atoms with van der Waals surface area (Å²) in [5, 5.41) is 108. The minimum atomic E-state index is -1.75. The molecule has 20 atom stereocenters. The fourth-order valence-corrected chi connectivity index (χ4v) is 13.1. The predicted molar refractivity (Wildman–Crippen MR) is 201 cm³/mol. The SMILES string of the molecule is C[C@H]1O[C@@H](O[C@H]2CC[C@@]3(C)[C@@H](CC[C@]4(C)[C@@H]3C=CC3=C5C[C@](C)(C(=O)O)CC[C@]5(CO)[C@H](O)C[C@]34C)[C@]2(C)CO)[C@H](O)[C@@H](O[C@@H]2O[C@H](CO)[C@@H](O)[C@H](O)[C@H]2O)[C@H]1O. The van der Waals surface area contributed by atoms with Crippen LogP contribution in [0.1, 0.15) is 92.9 Å². The number of aliphatic hydroxyl groups is 9. The van der Waals surface area contributed by atoms with Gasteiger partial charge in [0.25, 0.3) is 0 Å². The van der Waals surface area contributed by atoms with Crippen LogP contribution in [0, 0.1) is 44.3 Å². The number of hydrogen-bond donors (Lipinski definition) is 10. The molecule has 5 aliphatic carbocycles. The van der Waals surface area contributed by atoms with Gasteiger partial charge in [0.05, 0.1) is 43.5 Å². The van der Waals surface area contributed by atoms with Gasteiger partial charge in [0.15, 0.2) is 12.6 Å². The summed E-state index contributed by atoms with van der Waals surface area (Å²) in [4.78, 5) is 12.5. The first-order valence-corrected chi connectivity index (χ1v) is 20.8. The van der Waals surface area contributed by atoms with Crippen molar-refractivity contribution < 1.29 is 74.8 Å². The van der Waals surface area contributed by atoms with E-state index in [1.165, 1.54) is 0 Å². The summed E-state index contributed by atoms with van der Waals surface area (Å²) in [6, 6.07) is 0. The fraction of sp³-hybridized carbons (Fsp3) is 0.881. The van der Waals surface area contributed by atoms with Gasteiger partial charge in [-0.1, -0.05) is 45.4 Å². The van der Waals surface area contributed by atoms with Gasteiger partial charge in [0.1, 0.15) is 42.7 Å². The van der Waals surface area contributed by atoms with Crippen LogP contribution in [-0.4, -0.2) is 150 Å². The molecule has 3 saturated carbocycles. The quantitative estimate of drug-likeness (QED) is 0.152. The number of carboxylic acid groups (broad SMARTS) is 1. The van der Waals surface area contributed by atoms with E-state index in [0.29, 0.717) is 38.5 Å². The summed E-state index contributed by atoms with van der Waals surface area (Å²) in [6.07, 6.45) is -7.57. The zero-order valence-corrected chi connectivity index (χ0v) is 34.0. The Bertz CT molecular complexity index is 1600. The summed E-state index contributed by atoms with van der Waals surface area (Å²) in [5.74, 6) is -0.929. The number of aliphatic carboxylic acids is 1. The minimum absolute atomic E-state index is 0.0104. The van der Waals surface area contributed by atoms with Gasteiger partial charge in [-0.3, -0.25) is 4.79 Å².